The number of nitrogens with zero attached hydrogens (tertiary/aromatic N) is 3. The molecular weight excluding hydrogens is 777 g/mol. The van der Waals surface area contributed by atoms with Crippen LogP contribution in [0.2, 0.25) is 0 Å². The third-order valence-electron chi connectivity index (χ3n) is 13.1. The molecule has 4 aliphatic rings. The van der Waals surface area contributed by atoms with Crippen LogP contribution in [0.3, 0.4) is 0 Å². The Morgan fingerprint density at radius 1 is 0.965 bits per heavy atom. The number of carbonyl (C=O) groups is 2. The number of likely N-dealkylation sites (tertiary alicyclic amines) is 1. The molecule has 3 fully saturated rings. The fourth-order valence-electron chi connectivity index (χ4n) is 10.1. The zero-order valence-electron chi connectivity index (χ0n) is 33.7. The maximum Gasteiger partial charge on any atom is 0.435 e. The quantitative estimate of drug-likeness (QED) is 0.105. The van der Waals surface area contributed by atoms with E-state index in [0.717, 1.165) is 50.0 Å². The molecule has 18 heteroatoms. The number of aryl methyl sites for hydroxylation is 1. The monoisotopic (exact) mass is 832 g/mol. The lowest BCUT2D eigenvalue weighted by molar-refractivity contribution is -0.457. The van der Waals surface area contributed by atoms with Gasteiger partial charge in [0.2, 0.25) is 5.91 Å². The molecule has 324 valence electrons. The summed E-state index contributed by atoms with van der Waals surface area (Å²) >= 11 is 0. The minimum Gasteiger partial charge on any atom is -0.490 e. The molecule has 1 amide bonds. The number of ether oxygens (including phenoxy) is 4. The minimum absolute atomic E-state index is 0.0143. The summed E-state index contributed by atoms with van der Waals surface area (Å²) in [7, 11) is 4.73. The van der Waals surface area contributed by atoms with Crippen molar-refractivity contribution < 1.29 is 69.4 Å². The highest BCUT2D eigenvalue weighted by Crippen LogP contribution is 2.62. The van der Waals surface area contributed by atoms with E-state index >= 15 is 0 Å². The van der Waals surface area contributed by atoms with Crippen LogP contribution in [0, 0.1) is 17.3 Å². The van der Waals surface area contributed by atoms with Crippen molar-refractivity contribution >= 4 is 11.9 Å². The van der Waals surface area contributed by atoms with Crippen molar-refractivity contribution in [1.29, 1.82) is 0 Å². The first-order chi connectivity index (χ1) is 27.0. The summed E-state index contributed by atoms with van der Waals surface area (Å²) < 4.78 is 147. The van der Waals surface area contributed by atoms with Gasteiger partial charge in [0.25, 0.3) is 0 Å². The molecule has 0 aromatic heterocycles. The van der Waals surface area contributed by atoms with Crippen molar-refractivity contribution in [2.24, 2.45) is 17.3 Å². The third kappa shape index (κ3) is 9.33. The molecular formula is C39H54F9N3O6. The van der Waals surface area contributed by atoms with Crippen molar-refractivity contribution in [2.45, 2.75) is 113 Å². The number of hydrogen-bond acceptors (Lipinski definition) is 8. The molecule has 5 rings (SSSR count). The third-order valence-corrected chi connectivity index (χ3v) is 13.1. The SMILES string of the molecule is [2H]COC1CC(CCC(=O)OCCOc2ccc3c(c2)CCC2C3CC[C@@]3(C)C2CC[C@@H]3N(C)C(=O)CN(C)CCOC(C(F)(F)F)(C(F)(F)F)C(F)(F)F)N(C)C1. The normalized spacial score (nSPS) is 28.4. The Morgan fingerprint density at radius 2 is 1.67 bits per heavy atom. The van der Waals surface area contributed by atoms with Crippen LogP contribution in [-0.4, -0.2) is 137 Å². The average molecular weight is 833 g/mol. The fraction of sp³-hybridized carbons (Fsp3) is 0.795. The van der Waals surface area contributed by atoms with Gasteiger partial charge in [-0.3, -0.25) is 14.5 Å². The number of fused-ring (bicyclic) bond motifs is 5. The zero-order valence-corrected chi connectivity index (χ0v) is 32.7. The van der Waals surface area contributed by atoms with E-state index < -0.39 is 49.7 Å². The van der Waals surface area contributed by atoms with Gasteiger partial charge in [0, 0.05) is 45.7 Å². The Hall–Kier alpha value is -2.83. The van der Waals surface area contributed by atoms with Crippen LogP contribution in [0.5, 0.6) is 5.75 Å². The van der Waals surface area contributed by atoms with E-state index in [-0.39, 0.29) is 56.3 Å². The van der Waals surface area contributed by atoms with Crippen molar-refractivity contribution in [3.05, 3.63) is 29.3 Å². The standard InChI is InChI=1S/C39H54F9N3O6/c1-35-15-14-29-28-10-8-26(55-18-19-56-34(53)13-7-25-21-27(54-5)22-50(25)3)20-24(28)6-9-30(29)31(35)11-12-32(35)51(4)33(52)23-49(2)16-17-57-36(37(40,41)42,38(43,44)45)39(46,47)48/h8,10,20,25,27,29-32H,6-7,9,11-19,21-23H2,1-5H3/t25?,27?,29?,30?,31?,32-,35-/m0/s1/i5D. The lowest BCUT2D eigenvalue weighted by atomic mass is 9.55. The Bertz CT molecular complexity index is 1550. The number of halogens is 9. The first kappa shape index (κ1) is 43.7. The van der Waals surface area contributed by atoms with Crippen molar-refractivity contribution in [3.63, 3.8) is 0 Å². The van der Waals surface area contributed by atoms with Crippen molar-refractivity contribution in [1.82, 2.24) is 14.7 Å². The molecule has 1 saturated heterocycles. The molecule has 3 aliphatic carbocycles. The molecule has 0 spiro atoms. The lowest BCUT2D eigenvalue weighted by Gasteiger charge is -2.52. The smallest absolute Gasteiger partial charge is 0.435 e. The Balaban J connectivity index is 1.09. The highest BCUT2D eigenvalue weighted by atomic mass is 19.4. The first-order valence-electron chi connectivity index (χ1n) is 20.1. The molecule has 1 aromatic carbocycles. The lowest BCUT2D eigenvalue weighted by Crippen LogP contribution is -2.68. The van der Waals surface area contributed by atoms with Gasteiger partial charge in [-0.2, -0.15) is 39.5 Å². The number of likely N-dealkylation sites (N-methyl/N-ethyl adjacent to an activating group) is 3. The van der Waals surface area contributed by atoms with Crippen LogP contribution < -0.4 is 4.74 Å². The Labute approximate surface area is 328 Å². The summed E-state index contributed by atoms with van der Waals surface area (Å²) in [6.07, 6.45) is -13.7. The van der Waals surface area contributed by atoms with Gasteiger partial charge in [-0.25, -0.2) is 0 Å². The molecule has 0 bridgehead atoms. The highest BCUT2D eigenvalue weighted by Gasteiger charge is 2.85. The van der Waals surface area contributed by atoms with Crippen LogP contribution in [0.15, 0.2) is 18.2 Å². The molecule has 1 aliphatic heterocycles. The fourth-order valence-corrected chi connectivity index (χ4v) is 10.1. The second kappa shape index (κ2) is 17.4. The van der Waals surface area contributed by atoms with Gasteiger partial charge in [0.05, 0.1) is 20.6 Å². The molecule has 0 N–H and O–H groups in total. The van der Waals surface area contributed by atoms with Gasteiger partial charge in [-0.05, 0) is 112 Å². The van der Waals surface area contributed by atoms with Crippen molar-refractivity contribution in [3.8, 4) is 5.75 Å². The second-order valence-corrected chi connectivity index (χ2v) is 16.4. The van der Waals surface area contributed by atoms with Gasteiger partial charge in [0.15, 0.2) is 0 Å². The first-order valence-corrected chi connectivity index (χ1v) is 19.3. The van der Waals surface area contributed by atoms with E-state index in [0.29, 0.717) is 36.3 Å². The minimum atomic E-state index is -6.82. The number of hydrogen-bond donors (Lipinski definition) is 0. The number of esters is 1. The van der Waals surface area contributed by atoms with Gasteiger partial charge >= 0.3 is 30.1 Å². The topological polar surface area (TPSA) is 80.8 Å². The average Bonchev–Trinajstić information content (AvgIpc) is 3.66. The predicted molar refractivity (Wildman–Crippen MR) is 189 cm³/mol. The van der Waals surface area contributed by atoms with Gasteiger partial charge < -0.3 is 28.7 Å². The van der Waals surface area contributed by atoms with Gasteiger partial charge in [-0.15, -0.1) is 0 Å². The van der Waals surface area contributed by atoms with Crippen LogP contribution in [-0.2, 0) is 30.2 Å². The van der Waals surface area contributed by atoms with E-state index in [9.17, 15) is 49.1 Å². The molecule has 0 radical (unpaired) electrons. The zero-order chi connectivity index (χ0) is 42.8. The van der Waals surface area contributed by atoms with E-state index in [1.54, 1.807) is 11.9 Å². The van der Waals surface area contributed by atoms with Gasteiger partial charge in [0.1, 0.15) is 19.0 Å². The summed E-state index contributed by atoms with van der Waals surface area (Å²) in [6, 6.07) is 6.12. The van der Waals surface area contributed by atoms with E-state index in [1.165, 1.54) is 18.2 Å². The molecule has 5 unspecified atom stereocenters. The molecule has 1 aromatic rings. The van der Waals surface area contributed by atoms with Gasteiger partial charge in [-0.1, -0.05) is 13.0 Å². The predicted octanol–water partition coefficient (Wildman–Crippen LogP) is 7.17. The number of carbonyl (C=O) groups excluding carboxylic acids is 2. The van der Waals surface area contributed by atoms with Crippen LogP contribution >= 0.6 is 0 Å². The second-order valence-electron chi connectivity index (χ2n) is 16.4. The molecule has 57 heavy (non-hydrogen) atoms. The summed E-state index contributed by atoms with van der Waals surface area (Å²) in [5, 5.41) is 0. The number of rotatable bonds is 15. The molecule has 1 heterocycles. The summed E-state index contributed by atoms with van der Waals surface area (Å²) in [5.74, 6) is 0.922. The number of methoxy groups -OCH3 is 1. The molecule has 7 atom stereocenters. The maximum atomic E-state index is 13.4. The van der Waals surface area contributed by atoms with E-state index in [1.807, 2.05) is 19.2 Å². The summed E-state index contributed by atoms with van der Waals surface area (Å²) in [5.41, 5.74) is -4.12. The summed E-state index contributed by atoms with van der Waals surface area (Å²) in [6.45, 7) is 0.439. The van der Waals surface area contributed by atoms with Crippen LogP contribution in [0.1, 0.15) is 76.7 Å². The van der Waals surface area contributed by atoms with Crippen LogP contribution in [0.25, 0.3) is 0 Å². The van der Waals surface area contributed by atoms with E-state index in [4.69, 9.17) is 15.6 Å². The number of alkyl halides is 9. The molecule has 2 saturated carbocycles. The largest absolute Gasteiger partial charge is 0.490 e. The molecule has 9 nitrogen and oxygen atoms in total. The maximum absolute atomic E-state index is 13.4. The van der Waals surface area contributed by atoms with Crippen molar-refractivity contribution in [2.75, 3.05) is 67.7 Å². The highest BCUT2D eigenvalue weighted by molar-refractivity contribution is 5.78. The Kier molecular flexibility index (Phi) is 13.4. The Morgan fingerprint density at radius 3 is 2.33 bits per heavy atom. The number of benzene rings is 1. The van der Waals surface area contributed by atoms with E-state index in [2.05, 4.69) is 22.6 Å². The summed E-state index contributed by atoms with van der Waals surface area (Å²) in [4.78, 5) is 30.5. The van der Waals surface area contributed by atoms with Crippen LogP contribution in [0.4, 0.5) is 39.5 Å². The number of amides is 1.